The van der Waals surface area contributed by atoms with Crippen LogP contribution in [0.5, 0.6) is 0 Å². The largest absolute Gasteiger partial charge is 0.307 e. The number of anilines is 1. The van der Waals surface area contributed by atoms with Gasteiger partial charge in [-0.15, -0.1) is 0 Å². The van der Waals surface area contributed by atoms with E-state index in [1.54, 1.807) is 18.3 Å². The zero-order valence-corrected chi connectivity index (χ0v) is 11.8. The molecule has 0 saturated heterocycles. The fourth-order valence-corrected chi connectivity index (χ4v) is 2.85. The first-order valence-electron chi connectivity index (χ1n) is 7.34. The molecule has 0 aliphatic heterocycles. The first kappa shape index (κ1) is 13.8. The van der Waals surface area contributed by atoms with Crippen LogP contribution in [0.4, 0.5) is 10.2 Å². The molecule has 1 heterocycles. The molecule has 1 fully saturated rings. The lowest BCUT2D eigenvalue weighted by Crippen LogP contribution is -2.20. The van der Waals surface area contributed by atoms with Crippen LogP contribution in [0.3, 0.4) is 0 Å². The maximum absolute atomic E-state index is 13.2. The number of benzene rings is 1. The Morgan fingerprint density at radius 1 is 1.24 bits per heavy atom. The molecule has 5 heteroatoms. The summed E-state index contributed by atoms with van der Waals surface area (Å²) in [5.74, 6) is -0.0494. The van der Waals surface area contributed by atoms with Gasteiger partial charge in [-0.25, -0.2) is 9.07 Å². The van der Waals surface area contributed by atoms with Gasteiger partial charge in [-0.1, -0.05) is 25.3 Å². The second kappa shape index (κ2) is 6.08. The Morgan fingerprint density at radius 2 is 2.05 bits per heavy atom. The summed E-state index contributed by atoms with van der Waals surface area (Å²) in [5, 5.41) is 7.16. The van der Waals surface area contributed by atoms with E-state index in [-0.39, 0.29) is 5.91 Å². The van der Waals surface area contributed by atoms with Crippen molar-refractivity contribution in [2.24, 2.45) is 0 Å². The number of carbonyl (C=O) groups is 1. The molecule has 1 N–H and O–H groups in total. The monoisotopic (exact) mass is 287 g/mol. The van der Waals surface area contributed by atoms with Crippen LogP contribution in [0.15, 0.2) is 36.5 Å². The van der Waals surface area contributed by atoms with E-state index in [4.69, 9.17) is 0 Å². The highest BCUT2D eigenvalue weighted by atomic mass is 19.1. The molecule has 1 saturated carbocycles. The van der Waals surface area contributed by atoms with E-state index >= 15 is 0 Å². The summed E-state index contributed by atoms with van der Waals surface area (Å²) in [6, 6.07) is 7.81. The van der Waals surface area contributed by atoms with Crippen molar-refractivity contribution in [3.8, 4) is 0 Å². The SMILES string of the molecule is O=C(Nc1ccnn1C1CCCCC1)c1cccc(F)c1. The third kappa shape index (κ3) is 3.12. The normalized spacial score (nSPS) is 15.9. The summed E-state index contributed by atoms with van der Waals surface area (Å²) in [5.41, 5.74) is 0.311. The highest BCUT2D eigenvalue weighted by molar-refractivity contribution is 6.03. The minimum atomic E-state index is -0.413. The maximum atomic E-state index is 13.2. The van der Waals surface area contributed by atoms with E-state index in [1.807, 2.05) is 4.68 Å². The van der Waals surface area contributed by atoms with Gasteiger partial charge >= 0.3 is 0 Å². The van der Waals surface area contributed by atoms with Crippen molar-refractivity contribution >= 4 is 11.7 Å². The van der Waals surface area contributed by atoms with Gasteiger partial charge in [-0.2, -0.15) is 5.10 Å². The minimum absolute atomic E-state index is 0.311. The van der Waals surface area contributed by atoms with Crippen molar-refractivity contribution in [2.75, 3.05) is 5.32 Å². The predicted molar refractivity (Wildman–Crippen MR) is 78.7 cm³/mol. The third-order valence-electron chi connectivity index (χ3n) is 3.92. The first-order valence-corrected chi connectivity index (χ1v) is 7.34. The highest BCUT2D eigenvalue weighted by Gasteiger charge is 2.19. The fraction of sp³-hybridized carbons (Fsp3) is 0.375. The smallest absolute Gasteiger partial charge is 0.256 e. The van der Waals surface area contributed by atoms with Gasteiger partial charge in [0.25, 0.3) is 5.91 Å². The molecular weight excluding hydrogens is 269 g/mol. The minimum Gasteiger partial charge on any atom is -0.307 e. The van der Waals surface area contributed by atoms with Crippen molar-refractivity contribution in [2.45, 2.75) is 38.1 Å². The number of nitrogens with one attached hydrogen (secondary N) is 1. The first-order chi connectivity index (χ1) is 10.2. The summed E-state index contributed by atoms with van der Waals surface area (Å²) in [4.78, 5) is 12.2. The van der Waals surface area contributed by atoms with Crippen LogP contribution in [-0.2, 0) is 0 Å². The average molecular weight is 287 g/mol. The molecule has 0 spiro atoms. The number of amides is 1. The number of carbonyl (C=O) groups excluding carboxylic acids is 1. The Kier molecular flexibility index (Phi) is 3.99. The fourth-order valence-electron chi connectivity index (χ4n) is 2.85. The molecule has 0 radical (unpaired) electrons. The Bertz CT molecular complexity index is 632. The van der Waals surface area contributed by atoms with Gasteiger partial charge in [-0.3, -0.25) is 4.79 Å². The molecule has 1 amide bonds. The summed E-state index contributed by atoms with van der Waals surface area (Å²) in [6.07, 6.45) is 7.52. The predicted octanol–water partition coefficient (Wildman–Crippen LogP) is 3.78. The number of hydrogen-bond acceptors (Lipinski definition) is 2. The van der Waals surface area contributed by atoms with Crippen molar-refractivity contribution in [3.05, 3.63) is 47.9 Å². The van der Waals surface area contributed by atoms with Gasteiger partial charge in [0.15, 0.2) is 0 Å². The van der Waals surface area contributed by atoms with Crippen LogP contribution in [0, 0.1) is 5.82 Å². The molecule has 0 unspecified atom stereocenters. The molecule has 1 aliphatic rings. The summed E-state index contributed by atoms with van der Waals surface area (Å²) >= 11 is 0. The second-order valence-corrected chi connectivity index (χ2v) is 5.42. The molecule has 4 nitrogen and oxygen atoms in total. The lowest BCUT2D eigenvalue weighted by molar-refractivity contribution is 0.102. The molecule has 0 bridgehead atoms. The van der Waals surface area contributed by atoms with Crippen LogP contribution in [0.2, 0.25) is 0 Å². The number of aromatic nitrogens is 2. The van der Waals surface area contributed by atoms with E-state index in [0.717, 1.165) is 12.8 Å². The summed E-state index contributed by atoms with van der Waals surface area (Å²) in [6.45, 7) is 0. The number of nitrogens with zero attached hydrogens (tertiary/aromatic N) is 2. The van der Waals surface area contributed by atoms with Crippen molar-refractivity contribution in [1.82, 2.24) is 9.78 Å². The number of hydrogen-bond donors (Lipinski definition) is 1. The van der Waals surface area contributed by atoms with Gasteiger partial charge in [0.1, 0.15) is 11.6 Å². The van der Waals surface area contributed by atoms with E-state index in [2.05, 4.69) is 10.4 Å². The second-order valence-electron chi connectivity index (χ2n) is 5.42. The van der Waals surface area contributed by atoms with E-state index in [9.17, 15) is 9.18 Å². The molecule has 3 rings (SSSR count). The molecule has 110 valence electrons. The summed E-state index contributed by atoms with van der Waals surface area (Å²) in [7, 11) is 0. The van der Waals surface area contributed by atoms with E-state index in [0.29, 0.717) is 17.4 Å². The quantitative estimate of drug-likeness (QED) is 0.933. The van der Waals surface area contributed by atoms with Crippen molar-refractivity contribution in [3.63, 3.8) is 0 Å². The molecule has 21 heavy (non-hydrogen) atoms. The highest BCUT2D eigenvalue weighted by Crippen LogP contribution is 2.30. The molecule has 1 aromatic heterocycles. The van der Waals surface area contributed by atoms with E-state index in [1.165, 1.54) is 37.5 Å². The van der Waals surface area contributed by atoms with Crippen LogP contribution in [-0.4, -0.2) is 15.7 Å². The zero-order valence-electron chi connectivity index (χ0n) is 11.8. The maximum Gasteiger partial charge on any atom is 0.256 e. The molecular formula is C16H18FN3O. The van der Waals surface area contributed by atoms with Gasteiger partial charge < -0.3 is 5.32 Å². The Morgan fingerprint density at radius 3 is 2.81 bits per heavy atom. The zero-order chi connectivity index (χ0) is 14.7. The van der Waals surface area contributed by atoms with Gasteiger partial charge in [0, 0.05) is 11.6 Å². The number of halogens is 1. The lowest BCUT2D eigenvalue weighted by Gasteiger charge is -2.23. The Balaban J connectivity index is 1.76. The topological polar surface area (TPSA) is 46.9 Å². The van der Waals surface area contributed by atoms with E-state index < -0.39 is 5.82 Å². The van der Waals surface area contributed by atoms with Gasteiger partial charge in [0.05, 0.1) is 12.2 Å². The van der Waals surface area contributed by atoms with Crippen molar-refractivity contribution in [1.29, 1.82) is 0 Å². The molecule has 2 aromatic rings. The third-order valence-corrected chi connectivity index (χ3v) is 3.92. The number of rotatable bonds is 3. The van der Waals surface area contributed by atoms with Crippen LogP contribution in [0.25, 0.3) is 0 Å². The average Bonchev–Trinajstić information content (AvgIpc) is 2.96. The Hall–Kier alpha value is -2.17. The van der Waals surface area contributed by atoms with Crippen LogP contribution in [0.1, 0.15) is 48.5 Å². The van der Waals surface area contributed by atoms with Crippen LogP contribution >= 0.6 is 0 Å². The van der Waals surface area contributed by atoms with Gasteiger partial charge in [-0.05, 0) is 31.0 Å². The molecule has 1 aromatic carbocycles. The standard InChI is InChI=1S/C16H18FN3O/c17-13-6-4-5-12(11-13)16(21)19-15-9-10-18-20(15)14-7-2-1-3-8-14/h4-6,9-11,14H,1-3,7-8H2,(H,19,21). The molecule has 0 atom stereocenters. The summed E-state index contributed by atoms with van der Waals surface area (Å²) < 4.78 is 15.1. The van der Waals surface area contributed by atoms with Crippen molar-refractivity contribution < 1.29 is 9.18 Å². The lowest BCUT2D eigenvalue weighted by atomic mass is 9.96. The van der Waals surface area contributed by atoms with Crippen LogP contribution < -0.4 is 5.32 Å². The Labute approximate surface area is 123 Å². The molecule has 1 aliphatic carbocycles. The van der Waals surface area contributed by atoms with Gasteiger partial charge in [0.2, 0.25) is 0 Å².